The average molecular weight is 272 g/mol. The highest BCUT2D eigenvalue weighted by Gasteiger charge is 2.32. The van der Waals surface area contributed by atoms with Gasteiger partial charge in [0, 0.05) is 27.6 Å². The first kappa shape index (κ1) is 13.1. The zero-order valence-electron chi connectivity index (χ0n) is 10.4. The molecule has 2 rings (SSSR count). The van der Waals surface area contributed by atoms with E-state index in [-0.39, 0.29) is 6.04 Å². The van der Waals surface area contributed by atoms with Gasteiger partial charge in [-0.1, -0.05) is 25.4 Å². The molecule has 17 heavy (non-hydrogen) atoms. The lowest BCUT2D eigenvalue weighted by Crippen LogP contribution is -2.32. The van der Waals surface area contributed by atoms with Gasteiger partial charge in [-0.2, -0.15) is 11.8 Å². The Hall–Kier alpha value is -0.380. The number of hydrogen-bond donors (Lipinski definition) is 1. The van der Waals surface area contributed by atoms with Crippen LogP contribution in [0.3, 0.4) is 0 Å². The van der Waals surface area contributed by atoms with Gasteiger partial charge in [-0.3, -0.25) is 0 Å². The van der Waals surface area contributed by atoms with Crippen LogP contribution in [0.1, 0.15) is 31.0 Å². The highest BCUT2D eigenvalue weighted by molar-refractivity contribution is 7.99. The van der Waals surface area contributed by atoms with Crippen molar-refractivity contribution in [2.45, 2.75) is 30.9 Å². The van der Waals surface area contributed by atoms with E-state index in [9.17, 15) is 0 Å². The molecule has 0 fully saturated rings. The van der Waals surface area contributed by atoms with Crippen molar-refractivity contribution in [2.24, 2.45) is 11.7 Å². The van der Waals surface area contributed by atoms with E-state index in [1.807, 2.05) is 23.9 Å². The molecule has 1 aromatic carbocycles. The van der Waals surface area contributed by atoms with E-state index in [1.165, 1.54) is 0 Å². The summed E-state index contributed by atoms with van der Waals surface area (Å²) < 4.78 is 5.38. The normalized spacial score (nSPS) is 23.6. The molecule has 0 aliphatic carbocycles. The predicted octanol–water partition coefficient (Wildman–Crippen LogP) is 3.62. The minimum atomic E-state index is -0.00801. The Kier molecular flexibility index (Phi) is 3.91. The predicted molar refractivity (Wildman–Crippen MR) is 74.9 cm³/mol. The van der Waals surface area contributed by atoms with Gasteiger partial charge in [-0.05, 0) is 23.6 Å². The molecule has 0 radical (unpaired) electrons. The lowest BCUT2D eigenvalue weighted by atomic mass is 9.93. The van der Waals surface area contributed by atoms with Crippen molar-refractivity contribution < 1.29 is 4.74 Å². The quantitative estimate of drug-likeness (QED) is 0.892. The van der Waals surface area contributed by atoms with Crippen molar-refractivity contribution in [3.8, 4) is 5.75 Å². The summed E-state index contributed by atoms with van der Waals surface area (Å²) in [6.45, 7) is 4.41. The van der Waals surface area contributed by atoms with Crippen molar-refractivity contribution >= 4 is 23.4 Å². The Balaban J connectivity index is 2.48. The van der Waals surface area contributed by atoms with Crippen LogP contribution in [0.25, 0.3) is 0 Å². The van der Waals surface area contributed by atoms with Crippen LogP contribution in [-0.2, 0) is 5.75 Å². The molecule has 2 N–H and O–H groups in total. The molecule has 1 aliphatic heterocycles. The maximum absolute atomic E-state index is 6.36. The number of nitrogens with two attached hydrogens (primary N) is 1. The van der Waals surface area contributed by atoms with Crippen molar-refractivity contribution in [3.63, 3.8) is 0 Å². The summed E-state index contributed by atoms with van der Waals surface area (Å²) in [5, 5.41) is 1.19. The van der Waals surface area contributed by atoms with Gasteiger partial charge in [-0.25, -0.2) is 0 Å². The van der Waals surface area contributed by atoms with Crippen LogP contribution in [0.2, 0.25) is 5.02 Å². The SMILES string of the molecule is COc1ccc(Cl)c2c1CSC(C(C)C)C2N. The zero-order chi connectivity index (χ0) is 12.6. The molecule has 1 aliphatic rings. The first-order valence-electron chi connectivity index (χ1n) is 5.78. The Bertz CT molecular complexity index is 422. The highest BCUT2D eigenvalue weighted by Crippen LogP contribution is 2.45. The maximum Gasteiger partial charge on any atom is 0.123 e. The van der Waals surface area contributed by atoms with Gasteiger partial charge in [-0.15, -0.1) is 0 Å². The number of thioether (sulfide) groups is 1. The Morgan fingerprint density at radius 1 is 1.47 bits per heavy atom. The largest absolute Gasteiger partial charge is 0.496 e. The fourth-order valence-corrected chi connectivity index (χ4v) is 4.06. The lowest BCUT2D eigenvalue weighted by molar-refractivity contribution is 0.408. The van der Waals surface area contributed by atoms with Gasteiger partial charge in [0.25, 0.3) is 0 Å². The average Bonchev–Trinajstić information content (AvgIpc) is 2.29. The standard InChI is InChI=1S/C13H18ClNOS/c1-7(2)13-12(15)11-8(6-17-13)10(16-3)5-4-9(11)14/h4-5,7,12-13H,6,15H2,1-3H3. The van der Waals surface area contributed by atoms with Crippen LogP contribution < -0.4 is 10.5 Å². The molecule has 0 bridgehead atoms. The molecule has 4 heteroatoms. The number of rotatable bonds is 2. The smallest absolute Gasteiger partial charge is 0.123 e. The van der Waals surface area contributed by atoms with Crippen molar-refractivity contribution in [3.05, 3.63) is 28.3 Å². The molecular formula is C13H18ClNOS. The molecule has 94 valence electrons. The molecule has 1 heterocycles. The molecule has 0 spiro atoms. The summed E-state index contributed by atoms with van der Waals surface area (Å²) in [5.41, 5.74) is 8.59. The molecule has 1 aromatic rings. The summed E-state index contributed by atoms with van der Waals surface area (Å²) in [7, 11) is 1.69. The maximum atomic E-state index is 6.36. The Morgan fingerprint density at radius 2 is 2.18 bits per heavy atom. The number of hydrogen-bond acceptors (Lipinski definition) is 3. The fraction of sp³-hybridized carbons (Fsp3) is 0.538. The van der Waals surface area contributed by atoms with E-state index in [4.69, 9.17) is 22.1 Å². The van der Waals surface area contributed by atoms with Crippen LogP contribution in [-0.4, -0.2) is 12.4 Å². The molecule has 0 saturated carbocycles. The minimum Gasteiger partial charge on any atom is -0.496 e. The van der Waals surface area contributed by atoms with E-state index < -0.39 is 0 Å². The van der Waals surface area contributed by atoms with Gasteiger partial charge in [0.15, 0.2) is 0 Å². The molecule has 2 atom stereocenters. The molecular weight excluding hydrogens is 254 g/mol. The third-order valence-corrected chi connectivity index (χ3v) is 5.25. The van der Waals surface area contributed by atoms with Crippen molar-refractivity contribution in [1.82, 2.24) is 0 Å². The number of benzene rings is 1. The van der Waals surface area contributed by atoms with Crippen LogP contribution in [0, 0.1) is 5.92 Å². The van der Waals surface area contributed by atoms with Gasteiger partial charge < -0.3 is 10.5 Å². The molecule has 0 saturated heterocycles. The summed E-state index contributed by atoms with van der Waals surface area (Å²) in [6, 6.07) is 3.79. The van der Waals surface area contributed by atoms with E-state index in [0.717, 1.165) is 27.7 Å². The van der Waals surface area contributed by atoms with E-state index in [0.29, 0.717) is 11.2 Å². The van der Waals surface area contributed by atoms with Crippen molar-refractivity contribution in [2.75, 3.05) is 7.11 Å². The van der Waals surface area contributed by atoms with Gasteiger partial charge in [0.2, 0.25) is 0 Å². The van der Waals surface area contributed by atoms with Crippen molar-refractivity contribution in [1.29, 1.82) is 0 Å². The van der Waals surface area contributed by atoms with Crippen LogP contribution in [0.5, 0.6) is 5.75 Å². The van der Waals surface area contributed by atoms with Gasteiger partial charge in [0.05, 0.1) is 7.11 Å². The minimum absolute atomic E-state index is 0.00801. The van der Waals surface area contributed by atoms with Gasteiger partial charge >= 0.3 is 0 Å². The molecule has 2 unspecified atom stereocenters. The monoisotopic (exact) mass is 271 g/mol. The second kappa shape index (κ2) is 5.09. The fourth-order valence-electron chi connectivity index (χ4n) is 2.37. The summed E-state index contributed by atoms with van der Waals surface area (Å²) >= 11 is 8.19. The number of ether oxygens (including phenoxy) is 1. The number of halogens is 1. The Labute approximate surface area is 112 Å². The molecule has 2 nitrogen and oxygen atoms in total. The van der Waals surface area contributed by atoms with Gasteiger partial charge in [0.1, 0.15) is 5.75 Å². The second-order valence-corrected chi connectivity index (χ2v) is 6.26. The van der Waals surface area contributed by atoms with E-state index in [1.54, 1.807) is 7.11 Å². The topological polar surface area (TPSA) is 35.2 Å². The van der Waals surface area contributed by atoms with Crippen LogP contribution >= 0.6 is 23.4 Å². The third-order valence-electron chi connectivity index (χ3n) is 3.25. The summed E-state index contributed by atoms with van der Waals surface area (Å²) in [5.74, 6) is 2.37. The highest BCUT2D eigenvalue weighted by atomic mass is 35.5. The molecule has 0 amide bonds. The van der Waals surface area contributed by atoms with Crippen LogP contribution in [0.15, 0.2) is 12.1 Å². The first-order chi connectivity index (χ1) is 8.06. The van der Waals surface area contributed by atoms with E-state index >= 15 is 0 Å². The third kappa shape index (κ3) is 2.28. The second-order valence-electron chi connectivity index (χ2n) is 4.69. The lowest BCUT2D eigenvalue weighted by Gasteiger charge is -2.34. The van der Waals surface area contributed by atoms with Crippen LogP contribution in [0.4, 0.5) is 0 Å². The molecule has 0 aromatic heterocycles. The van der Waals surface area contributed by atoms with E-state index in [2.05, 4.69) is 13.8 Å². The number of fused-ring (bicyclic) bond motifs is 1. The number of methoxy groups -OCH3 is 1. The summed E-state index contributed by atoms with van der Waals surface area (Å²) in [6.07, 6.45) is 0. The zero-order valence-corrected chi connectivity index (χ0v) is 11.9. The Morgan fingerprint density at radius 3 is 2.76 bits per heavy atom. The summed E-state index contributed by atoms with van der Waals surface area (Å²) in [4.78, 5) is 0. The first-order valence-corrected chi connectivity index (χ1v) is 7.21.